The number of nitrogens with one attached hydrogen (secondary N) is 1. The molecule has 0 aromatic carbocycles. The maximum absolute atomic E-state index is 5.58. The predicted octanol–water partition coefficient (Wildman–Crippen LogP) is 1.89. The molecule has 5 nitrogen and oxygen atoms in total. The second-order valence-electron chi connectivity index (χ2n) is 7.88. The number of likely N-dealkylation sites (tertiary alicyclic amines) is 1. The monoisotopic (exact) mass is 354 g/mol. The quantitative estimate of drug-likeness (QED) is 0.617. The highest BCUT2D eigenvalue weighted by Gasteiger charge is 2.41. The van der Waals surface area contributed by atoms with Crippen molar-refractivity contribution in [2.75, 3.05) is 65.0 Å². The van der Waals surface area contributed by atoms with Crippen molar-refractivity contribution in [3.63, 3.8) is 0 Å². The van der Waals surface area contributed by atoms with Crippen molar-refractivity contribution < 1.29 is 4.74 Å². The summed E-state index contributed by atoms with van der Waals surface area (Å²) in [4.78, 5) is 9.99. The Labute approximate surface area is 151 Å². The van der Waals surface area contributed by atoms with Crippen molar-refractivity contribution in [1.82, 2.24) is 15.1 Å². The van der Waals surface area contributed by atoms with E-state index >= 15 is 0 Å². The fourth-order valence-corrected chi connectivity index (χ4v) is 5.73. The van der Waals surface area contributed by atoms with E-state index in [9.17, 15) is 0 Å². The Balaban J connectivity index is 1.68. The van der Waals surface area contributed by atoms with Gasteiger partial charge >= 0.3 is 0 Å². The zero-order valence-electron chi connectivity index (χ0n) is 15.6. The SMILES string of the molecule is CCNC(=NCC1(N(C)C)CCSC1)N1CCC2(CCOCC2)C1. The lowest BCUT2D eigenvalue weighted by Crippen LogP contribution is -2.49. The molecule has 3 aliphatic rings. The first kappa shape index (κ1) is 18.3. The van der Waals surface area contributed by atoms with Crippen LogP contribution in [-0.4, -0.2) is 86.3 Å². The minimum atomic E-state index is 0.238. The molecule has 3 heterocycles. The summed E-state index contributed by atoms with van der Waals surface area (Å²) >= 11 is 2.07. The molecule has 1 atom stereocenters. The van der Waals surface area contributed by atoms with E-state index in [0.29, 0.717) is 5.41 Å². The molecule has 0 radical (unpaired) electrons. The minimum Gasteiger partial charge on any atom is -0.381 e. The van der Waals surface area contributed by atoms with Crippen molar-refractivity contribution >= 4 is 17.7 Å². The van der Waals surface area contributed by atoms with Crippen molar-refractivity contribution in [2.45, 2.75) is 38.1 Å². The largest absolute Gasteiger partial charge is 0.381 e. The molecule has 24 heavy (non-hydrogen) atoms. The van der Waals surface area contributed by atoms with Crippen LogP contribution in [0.4, 0.5) is 0 Å². The van der Waals surface area contributed by atoms with Gasteiger partial charge in [-0.15, -0.1) is 0 Å². The summed E-state index contributed by atoms with van der Waals surface area (Å²) in [5.74, 6) is 3.58. The van der Waals surface area contributed by atoms with Crippen molar-refractivity contribution in [1.29, 1.82) is 0 Å². The summed E-state index contributed by atoms with van der Waals surface area (Å²) in [5.41, 5.74) is 0.707. The standard InChI is InChI=1S/C18H34N4OS/c1-4-19-16(20-13-18(21(2)3)8-12-24-15-18)22-9-5-17(14-22)6-10-23-11-7-17/h4-15H2,1-3H3,(H,19,20). The summed E-state index contributed by atoms with van der Waals surface area (Å²) in [6, 6.07) is 0. The highest BCUT2D eigenvalue weighted by molar-refractivity contribution is 7.99. The van der Waals surface area contributed by atoms with Crippen molar-refractivity contribution in [2.24, 2.45) is 10.4 Å². The van der Waals surface area contributed by atoms with Gasteiger partial charge in [0.1, 0.15) is 0 Å². The Morgan fingerprint density at radius 1 is 1.25 bits per heavy atom. The zero-order valence-corrected chi connectivity index (χ0v) is 16.5. The van der Waals surface area contributed by atoms with Crippen molar-refractivity contribution in [3.8, 4) is 0 Å². The van der Waals surface area contributed by atoms with Crippen molar-refractivity contribution in [3.05, 3.63) is 0 Å². The van der Waals surface area contributed by atoms with Gasteiger partial charge in [0.15, 0.2) is 5.96 Å². The summed E-state index contributed by atoms with van der Waals surface area (Å²) in [6.07, 6.45) is 4.95. The van der Waals surface area contributed by atoms with Crippen LogP contribution in [0.3, 0.4) is 0 Å². The number of likely N-dealkylation sites (N-methyl/N-ethyl adjacent to an activating group) is 1. The third kappa shape index (κ3) is 3.86. The Bertz CT molecular complexity index is 442. The number of aliphatic imine (C=N–C) groups is 1. The van der Waals surface area contributed by atoms with Gasteiger partial charge in [-0.05, 0) is 57.9 Å². The fourth-order valence-electron chi connectivity index (χ4n) is 4.19. The molecule has 3 fully saturated rings. The van der Waals surface area contributed by atoms with Crippen LogP contribution in [0, 0.1) is 5.41 Å². The van der Waals surface area contributed by atoms with Gasteiger partial charge < -0.3 is 19.9 Å². The van der Waals surface area contributed by atoms with Gasteiger partial charge in [-0.3, -0.25) is 4.99 Å². The Hall–Kier alpha value is -0.460. The van der Waals surface area contributed by atoms with Gasteiger partial charge in [-0.1, -0.05) is 0 Å². The number of hydrogen-bond acceptors (Lipinski definition) is 4. The van der Waals surface area contributed by atoms with E-state index in [-0.39, 0.29) is 5.54 Å². The molecule has 1 spiro atoms. The molecule has 1 unspecified atom stereocenters. The molecule has 0 bridgehead atoms. The summed E-state index contributed by atoms with van der Waals surface area (Å²) < 4.78 is 5.58. The molecule has 0 aliphatic carbocycles. The summed E-state index contributed by atoms with van der Waals surface area (Å²) in [5, 5.41) is 3.55. The maximum atomic E-state index is 5.58. The van der Waals surface area contributed by atoms with E-state index in [4.69, 9.17) is 9.73 Å². The Kier molecular flexibility index (Phi) is 5.98. The molecule has 3 saturated heterocycles. The van der Waals surface area contributed by atoms with Gasteiger partial charge in [-0.2, -0.15) is 11.8 Å². The van der Waals surface area contributed by atoms with Crippen LogP contribution in [0.1, 0.15) is 32.6 Å². The third-order valence-electron chi connectivity index (χ3n) is 6.18. The first-order chi connectivity index (χ1) is 11.6. The molecular weight excluding hydrogens is 320 g/mol. The molecule has 0 amide bonds. The number of rotatable bonds is 4. The number of guanidine groups is 1. The number of thioether (sulfide) groups is 1. The second kappa shape index (κ2) is 7.83. The van der Waals surface area contributed by atoms with Crippen LogP contribution >= 0.6 is 11.8 Å². The third-order valence-corrected chi connectivity index (χ3v) is 7.41. The maximum Gasteiger partial charge on any atom is 0.193 e. The Morgan fingerprint density at radius 3 is 2.67 bits per heavy atom. The van der Waals surface area contributed by atoms with E-state index in [2.05, 4.69) is 47.9 Å². The molecule has 3 aliphatic heterocycles. The van der Waals surface area contributed by atoms with Crippen LogP contribution in [-0.2, 0) is 4.74 Å². The topological polar surface area (TPSA) is 40.1 Å². The molecule has 0 aromatic rings. The van der Waals surface area contributed by atoms with E-state index < -0.39 is 0 Å². The molecule has 1 N–H and O–H groups in total. The van der Waals surface area contributed by atoms with E-state index in [1.54, 1.807) is 0 Å². The molecular formula is C18H34N4OS. The number of hydrogen-bond donors (Lipinski definition) is 1. The predicted molar refractivity (Wildman–Crippen MR) is 103 cm³/mol. The van der Waals surface area contributed by atoms with Gasteiger partial charge in [0.2, 0.25) is 0 Å². The van der Waals surface area contributed by atoms with Gasteiger partial charge in [0.25, 0.3) is 0 Å². The van der Waals surface area contributed by atoms with Gasteiger partial charge in [-0.25, -0.2) is 0 Å². The van der Waals surface area contributed by atoms with Gasteiger partial charge in [0, 0.05) is 44.1 Å². The normalized spacial score (nSPS) is 30.5. The first-order valence-corrected chi connectivity index (χ1v) is 10.6. The molecule has 138 valence electrons. The molecule has 3 rings (SSSR count). The Morgan fingerprint density at radius 2 is 2.04 bits per heavy atom. The van der Waals surface area contributed by atoms with Crippen LogP contribution < -0.4 is 5.32 Å². The lowest BCUT2D eigenvalue weighted by molar-refractivity contribution is 0.0217. The average molecular weight is 355 g/mol. The molecule has 0 aromatic heterocycles. The summed E-state index contributed by atoms with van der Waals surface area (Å²) in [7, 11) is 4.42. The lowest BCUT2D eigenvalue weighted by Gasteiger charge is -2.35. The smallest absolute Gasteiger partial charge is 0.193 e. The highest BCUT2D eigenvalue weighted by Crippen LogP contribution is 2.39. The average Bonchev–Trinajstić information content (AvgIpc) is 3.21. The van der Waals surface area contributed by atoms with Crippen LogP contribution in [0.5, 0.6) is 0 Å². The van der Waals surface area contributed by atoms with Crippen LogP contribution in [0.2, 0.25) is 0 Å². The fraction of sp³-hybridized carbons (Fsp3) is 0.944. The highest BCUT2D eigenvalue weighted by atomic mass is 32.2. The minimum absolute atomic E-state index is 0.238. The van der Waals surface area contributed by atoms with E-state index in [1.165, 1.54) is 37.2 Å². The van der Waals surface area contributed by atoms with E-state index in [1.807, 2.05) is 0 Å². The lowest BCUT2D eigenvalue weighted by atomic mass is 9.80. The zero-order chi connectivity index (χ0) is 17.0. The molecule has 0 saturated carbocycles. The molecule has 6 heteroatoms. The van der Waals surface area contributed by atoms with Crippen LogP contribution in [0.15, 0.2) is 4.99 Å². The number of ether oxygens (including phenoxy) is 1. The van der Waals surface area contributed by atoms with E-state index in [0.717, 1.165) is 45.4 Å². The first-order valence-electron chi connectivity index (χ1n) is 9.45. The van der Waals surface area contributed by atoms with Crippen LogP contribution in [0.25, 0.3) is 0 Å². The number of nitrogens with zero attached hydrogens (tertiary/aromatic N) is 3. The summed E-state index contributed by atoms with van der Waals surface area (Å²) in [6.45, 7) is 8.16. The second-order valence-corrected chi connectivity index (χ2v) is 8.98. The van der Waals surface area contributed by atoms with Gasteiger partial charge in [0.05, 0.1) is 6.54 Å².